The van der Waals surface area contributed by atoms with Crippen molar-refractivity contribution in [2.75, 3.05) is 49.4 Å². The highest BCUT2D eigenvalue weighted by atomic mass is 32.2. The van der Waals surface area contributed by atoms with Gasteiger partial charge < -0.3 is 18.9 Å². The second-order valence-electron chi connectivity index (χ2n) is 8.99. The maximum Gasteiger partial charge on any atom is 0.172 e. The van der Waals surface area contributed by atoms with Gasteiger partial charge in [0.1, 0.15) is 49.4 Å². The van der Waals surface area contributed by atoms with Crippen LogP contribution in [0.5, 0.6) is 0 Å². The lowest BCUT2D eigenvalue weighted by Gasteiger charge is -2.08. The minimum atomic E-state index is -3.46. The van der Waals surface area contributed by atoms with Crippen LogP contribution in [0.3, 0.4) is 0 Å². The highest BCUT2D eigenvalue weighted by Gasteiger charge is 2.07. The summed E-state index contributed by atoms with van der Waals surface area (Å²) in [5.41, 5.74) is 3.58. The monoisotopic (exact) mass is 608 g/mol. The maximum atomic E-state index is 12.2. The van der Waals surface area contributed by atoms with Crippen LogP contribution in [0.15, 0.2) is 48.5 Å². The van der Waals surface area contributed by atoms with Crippen molar-refractivity contribution in [1.82, 2.24) is 0 Å². The molecule has 0 spiro atoms. The molecule has 42 heavy (non-hydrogen) atoms. The lowest BCUT2D eigenvalue weighted by Crippen LogP contribution is -2.09. The molecule has 0 saturated heterocycles. The topological polar surface area (TPSA) is 105 Å². The number of sulfone groups is 2. The Labute approximate surface area is 248 Å². The van der Waals surface area contributed by atoms with Gasteiger partial charge in [0.25, 0.3) is 0 Å². The van der Waals surface area contributed by atoms with Crippen LogP contribution in [0.2, 0.25) is 0 Å². The zero-order chi connectivity index (χ0) is 29.9. The van der Waals surface area contributed by atoms with E-state index in [1.165, 1.54) is 0 Å². The zero-order valence-electron chi connectivity index (χ0n) is 23.2. The van der Waals surface area contributed by atoms with Crippen molar-refractivity contribution in [3.05, 3.63) is 70.8 Å². The molecular weight excluding hydrogens is 576 g/mol. The Morgan fingerprint density at radius 3 is 0.881 bits per heavy atom. The van der Waals surface area contributed by atoms with Gasteiger partial charge in [0.2, 0.25) is 0 Å². The van der Waals surface area contributed by atoms with E-state index in [1.54, 1.807) is 0 Å². The van der Waals surface area contributed by atoms with Crippen molar-refractivity contribution in [3.63, 3.8) is 0 Å². The predicted octanol–water partition coefficient (Wildman–Crippen LogP) is 2.31. The van der Waals surface area contributed by atoms with Crippen LogP contribution in [0.25, 0.3) is 0 Å². The van der Waals surface area contributed by atoms with E-state index in [2.05, 4.69) is 47.4 Å². The molecule has 2 aromatic carbocycles. The van der Waals surface area contributed by atoms with E-state index >= 15 is 0 Å². The van der Waals surface area contributed by atoms with Gasteiger partial charge in [-0.25, -0.2) is 16.8 Å². The molecule has 0 amide bonds. The van der Waals surface area contributed by atoms with Gasteiger partial charge in [0, 0.05) is 0 Å². The average molecular weight is 609 g/mol. The van der Waals surface area contributed by atoms with Gasteiger partial charge in [-0.05, 0) is 22.3 Å². The van der Waals surface area contributed by atoms with E-state index in [4.69, 9.17) is 18.9 Å². The van der Waals surface area contributed by atoms with Crippen molar-refractivity contribution in [3.8, 4) is 47.4 Å². The summed E-state index contributed by atoms with van der Waals surface area (Å²) in [7, 11) is -6.91. The average Bonchev–Trinajstić information content (AvgIpc) is 2.97. The van der Waals surface area contributed by atoms with Gasteiger partial charge in [-0.2, -0.15) is 0 Å². The molecular formula is C32H32O8S2. The number of fused-ring (bicyclic) bond motifs is 2. The summed E-state index contributed by atoms with van der Waals surface area (Å²) in [6, 6.07) is 15.1. The molecule has 1 aliphatic rings. The van der Waals surface area contributed by atoms with E-state index in [0.29, 0.717) is 0 Å². The molecule has 10 heteroatoms. The van der Waals surface area contributed by atoms with Crippen LogP contribution >= 0.6 is 0 Å². The third-order valence-corrected chi connectivity index (χ3v) is 7.97. The quantitative estimate of drug-likeness (QED) is 0.420. The molecule has 220 valence electrons. The molecule has 0 bridgehead atoms. The van der Waals surface area contributed by atoms with Crippen molar-refractivity contribution in [2.45, 2.75) is 26.4 Å². The molecule has 8 nitrogen and oxygen atoms in total. The van der Waals surface area contributed by atoms with Gasteiger partial charge in [-0.1, -0.05) is 95.9 Å². The van der Waals surface area contributed by atoms with Crippen LogP contribution in [0, 0.1) is 47.4 Å². The van der Waals surface area contributed by atoms with Crippen LogP contribution < -0.4 is 0 Å². The third kappa shape index (κ3) is 13.4. The summed E-state index contributed by atoms with van der Waals surface area (Å²) in [6.07, 6.45) is 0. The molecule has 0 fully saturated rings. The van der Waals surface area contributed by atoms with E-state index in [9.17, 15) is 16.8 Å². The minimum Gasteiger partial charge on any atom is -0.364 e. The summed E-state index contributed by atoms with van der Waals surface area (Å²) >= 11 is 0. The first-order valence-electron chi connectivity index (χ1n) is 13.0. The van der Waals surface area contributed by atoms with Crippen molar-refractivity contribution >= 4 is 19.7 Å². The highest BCUT2D eigenvalue weighted by Crippen LogP contribution is 2.12. The normalized spacial score (nSPS) is 18.7. The van der Waals surface area contributed by atoms with Crippen LogP contribution in [-0.2, 0) is 65.0 Å². The maximum absolute atomic E-state index is 12.2. The fraction of sp³-hybridized carbons (Fsp3) is 0.375. The minimum absolute atomic E-state index is 0.0705. The summed E-state index contributed by atoms with van der Waals surface area (Å²) in [5.74, 6) is 20.2. The first kappa shape index (κ1) is 32.9. The van der Waals surface area contributed by atoms with Crippen LogP contribution in [-0.4, -0.2) is 66.3 Å². The molecule has 0 N–H and O–H groups in total. The fourth-order valence-electron chi connectivity index (χ4n) is 3.48. The molecule has 0 radical (unpaired) electrons. The van der Waals surface area contributed by atoms with Gasteiger partial charge >= 0.3 is 0 Å². The van der Waals surface area contributed by atoms with Crippen molar-refractivity contribution < 1.29 is 35.8 Å². The first-order valence-corrected chi connectivity index (χ1v) is 16.7. The molecule has 0 saturated carbocycles. The second-order valence-corrected chi connectivity index (χ2v) is 13.1. The van der Waals surface area contributed by atoms with Crippen molar-refractivity contribution in [2.24, 2.45) is 0 Å². The molecule has 2 aromatic rings. The SMILES string of the molecule is O=S1(=O)CC#CCOCc2ccccc2COCC#CCS(=O)(=O)CC#CCOCc2ccccc2COCC#CC1. The number of benzene rings is 2. The van der Waals surface area contributed by atoms with Gasteiger partial charge in [-0.15, -0.1) is 0 Å². The lowest BCUT2D eigenvalue weighted by atomic mass is 10.1. The number of ether oxygens (including phenoxy) is 4. The Morgan fingerprint density at radius 1 is 0.405 bits per heavy atom. The van der Waals surface area contributed by atoms with Gasteiger partial charge in [0.05, 0.1) is 26.4 Å². The van der Waals surface area contributed by atoms with Crippen LogP contribution in [0.1, 0.15) is 22.3 Å². The molecule has 0 aromatic heterocycles. The number of hydrogen-bond donors (Lipinski definition) is 0. The highest BCUT2D eigenvalue weighted by molar-refractivity contribution is 7.92. The Hall–Kier alpha value is -3.58. The van der Waals surface area contributed by atoms with Gasteiger partial charge in [0.15, 0.2) is 19.7 Å². The molecule has 3 rings (SSSR count). The number of rotatable bonds is 0. The summed E-state index contributed by atoms with van der Waals surface area (Å²) in [5, 5.41) is 0. The van der Waals surface area contributed by atoms with E-state index in [-0.39, 0.29) is 75.9 Å². The van der Waals surface area contributed by atoms with Gasteiger partial charge in [-0.3, -0.25) is 0 Å². The number of hydrogen-bond acceptors (Lipinski definition) is 8. The summed E-state index contributed by atoms with van der Waals surface area (Å²) in [6.45, 7) is 1.37. The second kappa shape index (κ2) is 18.1. The predicted molar refractivity (Wildman–Crippen MR) is 160 cm³/mol. The molecule has 0 aliphatic carbocycles. The molecule has 1 heterocycles. The Kier molecular flexibility index (Phi) is 14.2. The molecule has 0 unspecified atom stereocenters. The lowest BCUT2D eigenvalue weighted by molar-refractivity contribution is 0.138. The summed E-state index contributed by atoms with van der Waals surface area (Å²) < 4.78 is 71.2. The molecule has 1 aliphatic heterocycles. The zero-order valence-corrected chi connectivity index (χ0v) is 24.8. The van der Waals surface area contributed by atoms with Crippen LogP contribution in [0.4, 0.5) is 0 Å². The van der Waals surface area contributed by atoms with E-state index in [0.717, 1.165) is 22.3 Å². The van der Waals surface area contributed by atoms with Crippen molar-refractivity contribution in [1.29, 1.82) is 0 Å². The Bertz CT molecular complexity index is 1410. The Balaban J connectivity index is 1.63. The third-order valence-electron chi connectivity index (χ3n) is 5.63. The van der Waals surface area contributed by atoms with E-state index < -0.39 is 19.7 Å². The first-order chi connectivity index (χ1) is 20.3. The smallest absolute Gasteiger partial charge is 0.172 e. The largest absolute Gasteiger partial charge is 0.364 e. The molecule has 0 atom stereocenters. The Morgan fingerprint density at radius 2 is 0.643 bits per heavy atom. The summed E-state index contributed by atoms with van der Waals surface area (Å²) in [4.78, 5) is 0. The fourth-order valence-corrected chi connectivity index (χ4v) is 4.97. The van der Waals surface area contributed by atoms with E-state index in [1.807, 2.05) is 48.5 Å². The standard InChI is InChI=1S/C32H32O8S2/c33-41(34)21-9-5-17-37-25-29-13-1-2-14-30(29)26-38-18-6-10-22-42(35,36)24-12-8-20-40-28-32-16-4-3-15-31(32)27-39-19-7-11-23-41/h1-4,13-16H,17-28H2.